The van der Waals surface area contributed by atoms with E-state index in [0.29, 0.717) is 0 Å². The first-order valence-corrected chi connectivity index (χ1v) is 6.64. The van der Waals surface area contributed by atoms with Crippen LogP contribution in [0.4, 0.5) is 0 Å². The van der Waals surface area contributed by atoms with Crippen LogP contribution in [0.1, 0.15) is 32.6 Å². The van der Waals surface area contributed by atoms with Gasteiger partial charge in [-0.05, 0) is 32.9 Å². The normalized spacial score (nSPS) is 13.4. The van der Waals surface area contributed by atoms with Crippen molar-refractivity contribution in [1.29, 1.82) is 0 Å². The lowest BCUT2D eigenvalue weighted by molar-refractivity contribution is -0.147. The molecule has 108 valence electrons. The second-order valence-electron chi connectivity index (χ2n) is 5.50. The summed E-state index contributed by atoms with van der Waals surface area (Å²) >= 11 is 0. The molecule has 1 aromatic heterocycles. The average molecular weight is 275 g/mol. The van der Waals surface area contributed by atoms with Crippen LogP contribution in [0.25, 0.3) is 11.0 Å². The molecule has 0 saturated heterocycles. The Hall–Kier alpha value is -1.88. The molecular weight excluding hydrogens is 254 g/mol. The van der Waals surface area contributed by atoms with Crippen LogP contribution in [0, 0.1) is 0 Å². The standard InChI is InChI=1S/C15H21N3O2/c1-10(17-15(2,3)14(19)20-5)13-16-11-8-6-7-9-12(11)18(13)4/h6-10,17H,1-5H3. The molecular formula is C15H21N3O2. The lowest BCUT2D eigenvalue weighted by Gasteiger charge is -2.27. The van der Waals surface area contributed by atoms with Gasteiger partial charge in [-0.3, -0.25) is 10.1 Å². The Morgan fingerprint density at radius 1 is 1.40 bits per heavy atom. The molecule has 5 nitrogen and oxygen atoms in total. The molecule has 0 radical (unpaired) electrons. The second-order valence-corrected chi connectivity index (χ2v) is 5.50. The number of benzene rings is 1. The molecule has 0 saturated carbocycles. The van der Waals surface area contributed by atoms with Crippen LogP contribution in [0.3, 0.4) is 0 Å². The number of fused-ring (bicyclic) bond motifs is 1. The van der Waals surface area contributed by atoms with Crippen LogP contribution in [0.2, 0.25) is 0 Å². The van der Waals surface area contributed by atoms with Crippen LogP contribution in [0.15, 0.2) is 24.3 Å². The minimum absolute atomic E-state index is 0.0681. The van der Waals surface area contributed by atoms with Crippen molar-refractivity contribution < 1.29 is 9.53 Å². The number of carbonyl (C=O) groups excluding carboxylic acids is 1. The van der Waals surface area contributed by atoms with Gasteiger partial charge in [0.2, 0.25) is 0 Å². The Balaban J connectivity index is 2.30. The van der Waals surface area contributed by atoms with E-state index in [-0.39, 0.29) is 12.0 Å². The van der Waals surface area contributed by atoms with Gasteiger partial charge < -0.3 is 9.30 Å². The minimum atomic E-state index is -0.758. The lowest BCUT2D eigenvalue weighted by atomic mass is 10.0. The monoisotopic (exact) mass is 275 g/mol. The number of esters is 1. The predicted octanol–water partition coefficient (Wildman–Crippen LogP) is 2.18. The molecule has 20 heavy (non-hydrogen) atoms. The van der Waals surface area contributed by atoms with E-state index in [0.717, 1.165) is 16.9 Å². The molecule has 0 spiro atoms. The molecule has 0 bridgehead atoms. The zero-order valence-corrected chi connectivity index (χ0v) is 12.6. The Kier molecular flexibility index (Phi) is 3.81. The van der Waals surface area contributed by atoms with Crippen molar-refractivity contribution in [3.63, 3.8) is 0 Å². The fourth-order valence-corrected chi connectivity index (χ4v) is 2.47. The molecule has 0 aliphatic heterocycles. The number of para-hydroxylation sites is 2. The Morgan fingerprint density at radius 3 is 2.65 bits per heavy atom. The number of aryl methyl sites for hydroxylation is 1. The van der Waals surface area contributed by atoms with E-state index in [1.54, 1.807) is 13.8 Å². The highest BCUT2D eigenvalue weighted by atomic mass is 16.5. The zero-order chi connectivity index (χ0) is 14.9. The van der Waals surface area contributed by atoms with Gasteiger partial charge in [0.15, 0.2) is 0 Å². The molecule has 0 aliphatic carbocycles. The van der Waals surface area contributed by atoms with Gasteiger partial charge in [-0.15, -0.1) is 0 Å². The molecule has 0 amide bonds. The first-order chi connectivity index (χ1) is 9.36. The molecule has 1 atom stereocenters. The Bertz CT molecular complexity index is 631. The van der Waals surface area contributed by atoms with E-state index in [1.165, 1.54) is 7.11 Å². The van der Waals surface area contributed by atoms with Gasteiger partial charge in [0.25, 0.3) is 0 Å². The number of hydrogen-bond acceptors (Lipinski definition) is 4. The molecule has 1 N–H and O–H groups in total. The van der Waals surface area contributed by atoms with Gasteiger partial charge in [-0.1, -0.05) is 12.1 Å². The number of aromatic nitrogens is 2. The van der Waals surface area contributed by atoms with Crippen molar-refractivity contribution >= 4 is 17.0 Å². The van der Waals surface area contributed by atoms with Gasteiger partial charge in [0.1, 0.15) is 11.4 Å². The van der Waals surface area contributed by atoms with Gasteiger partial charge in [-0.2, -0.15) is 0 Å². The van der Waals surface area contributed by atoms with Crippen molar-refractivity contribution in [2.75, 3.05) is 7.11 Å². The number of carbonyl (C=O) groups is 1. The molecule has 5 heteroatoms. The third-order valence-electron chi connectivity index (χ3n) is 3.48. The molecule has 0 aliphatic rings. The van der Waals surface area contributed by atoms with E-state index < -0.39 is 5.54 Å². The average Bonchev–Trinajstić information content (AvgIpc) is 2.75. The lowest BCUT2D eigenvalue weighted by Crippen LogP contribution is -2.48. The number of ether oxygens (including phenoxy) is 1. The number of methoxy groups -OCH3 is 1. The SMILES string of the molecule is COC(=O)C(C)(C)NC(C)c1nc2ccccc2n1C. The minimum Gasteiger partial charge on any atom is -0.468 e. The number of imidazole rings is 1. The summed E-state index contributed by atoms with van der Waals surface area (Å²) in [5.74, 6) is 0.603. The number of nitrogens with one attached hydrogen (secondary N) is 1. The van der Waals surface area contributed by atoms with Gasteiger partial charge >= 0.3 is 5.97 Å². The van der Waals surface area contributed by atoms with E-state index in [4.69, 9.17) is 4.74 Å². The summed E-state index contributed by atoms with van der Waals surface area (Å²) in [7, 11) is 3.37. The van der Waals surface area contributed by atoms with Crippen molar-refractivity contribution in [1.82, 2.24) is 14.9 Å². The summed E-state index contributed by atoms with van der Waals surface area (Å²) in [5, 5.41) is 3.27. The third kappa shape index (κ3) is 2.54. The maximum atomic E-state index is 11.7. The summed E-state index contributed by atoms with van der Waals surface area (Å²) in [4.78, 5) is 16.4. The second kappa shape index (κ2) is 5.25. The van der Waals surface area contributed by atoms with Crippen molar-refractivity contribution in [2.45, 2.75) is 32.4 Å². The van der Waals surface area contributed by atoms with Crippen LogP contribution in [-0.4, -0.2) is 28.2 Å². The fraction of sp³-hybridized carbons (Fsp3) is 0.467. The Morgan fingerprint density at radius 2 is 2.05 bits per heavy atom. The number of hydrogen-bond donors (Lipinski definition) is 1. The van der Waals surface area contributed by atoms with E-state index in [2.05, 4.69) is 10.3 Å². The molecule has 1 aromatic carbocycles. The van der Waals surface area contributed by atoms with Crippen molar-refractivity contribution in [3.05, 3.63) is 30.1 Å². The molecule has 1 unspecified atom stereocenters. The molecule has 2 aromatic rings. The molecule has 2 rings (SSSR count). The smallest absolute Gasteiger partial charge is 0.325 e. The quantitative estimate of drug-likeness (QED) is 0.869. The third-order valence-corrected chi connectivity index (χ3v) is 3.48. The summed E-state index contributed by atoms with van der Waals surface area (Å²) in [6, 6.07) is 7.91. The van der Waals surface area contributed by atoms with E-state index >= 15 is 0 Å². The summed E-state index contributed by atoms with van der Waals surface area (Å²) in [5.41, 5.74) is 1.27. The highest BCUT2D eigenvalue weighted by Gasteiger charge is 2.31. The van der Waals surface area contributed by atoms with E-state index in [9.17, 15) is 4.79 Å². The maximum absolute atomic E-state index is 11.7. The highest BCUT2D eigenvalue weighted by Crippen LogP contribution is 2.21. The summed E-state index contributed by atoms with van der Waals surface area (Å²) in [6.07, 6.45) is 0. The van der Waals surface area contributed by atoms with E-state index in [1.807, 2.05) is 42.8 Å². The topological polar surface area (TPSA) is 56.1 Å². The Labute approximate surface area is 118 Å². The number of nitrogens with zero attached hydrogens (tertiary/aromatic N) is 2. The predicted molar refractivity (Wildman–Crippen MR) is 78.4 cm³/mol. The van der Waals surface area contributed by atoms with Gasteiger partial charge in [0, 0.05) is 7.05 Å². The van der Waals surface area contributed by atoms with Crippen molar-refractivity contribution in [2.24, 2.45) is 7.05 Å². The zero-order valence-electron chi connectivity index (χ0n) is 12.6. The van der Waals surface area contributed by atoms with Crippen LogP contribution in [-0.2, 0) is 16.6 Å². The highest BCUT2D eigenvalue weighted by molar-refractivity contribution is 5.80. The largest absolute Gasteiger partial charge is 0.468 e. The van der Waals surface area contributed by atoms with Crippen LogP contribution < -0.4 is 5.32 Å². The van der Waals surface area contributed by atoms with Gasteiger partial charge in [0.05, 0.1) is 24.2 Å². The van der Waals surface area contributed by atoms with Gasteiger partial charge in [-0.25, -0.2) is 4.98 Å². The van der Waals surface area contributed by atoms with Crippen LogP contribution in [0.5, 0.6) is 0 Å². The fourth-order valence-electron chi connectivity index (χ4n) is 2.47. The van der Waals surface area contributed by atoms with Crippen molar-refractivity contribution in [3.8, 4) is 0 Å². The number of rotatable bonds is 4. The van der Waals surface area contributed by atoms with Crippen LogP contribution >= 0.6 is 0 Å². The maximum Gasteiger partial charge on any atom is 0.325 e. The first kappa shape index (κ1) is 14.5. The molecule has 1 heterocycles. The first-order valence-electron chi connectivity index (χ1n) is 6.64. The molecule has 0 fully saturated rings. The summed E-state index contributed by atoms with van der Waals surface area (Å²) in [6.45, 7) is 5.60. The summed E-state index contributed by atoms with van der Waals surface area (Å²) < 4.78 is 6.85.